The van der Waals surface area contributed by atoms with Crippen molar-refractivity contribution in [1.29, 1.82) is 10.5 Å². The number of amides is 1. The van der Waals surface area contributed by atoms with Crippen LogP contribution in [0.25, 0.3) is 0 Å². The number of hydrogen-bond acceptors (Lipinski definition) is 5. The highest BCUT2D eigenvalue weighted by molar-refractivity contribution is 6.03. The number of rotatable bonds is 2. The standard InChI is InChI=1S/C13H7N5O/c14-7-10-6-11(8-15)17-13(16-10)18-12(19)9-4-2-1-3-5-9/h1-6H,(H,16,17,18,19). The Morgan fingerprint density at radius 1 is 1.05 bits per heavy atom. The molecule has 0 aliphatic rings. The fourth-order valence-corrected chi connectivity index (χ4v) is 1.38. The third-order valence-corrected chi connectivity index (χ3v) is 2.22. The van der Waals surface area contributed by atoms with Crippen LogP contribution in [0.15, 0.2) is 36.4 Å². The molecule has 6 nitrogen and oxygen atoms in total. The van der Waals surface area contributed by atoms with Crippen molar-refractivity contribution >= 4 is 11.9 Å². The molecule has 0 aliphatic carbocycles. The van der Waals surface area contributed by atoms with E-state index in [-0.39, 0.29) is 17.3 Å². The van der Waals surface area contributed by atoms with Crippen LogP contribution in [-0.2, 0) is 0 Å². The Morgan fingerprint density at radius 3 is 2.16 bits per heavy atom. The fourth-order valence-electron chi connectivity index (χ4n) is 1.38. The van der Waals surface area contributed by atoms with Crippen LogP contribution >= 0.6 is 0 Å². The first kappa shape index (κ1) is 12.2. The number of carbonyl (C=O) groups is 1. The molecule has 0 bridgehead atoms. The summed E-state index contributed by atoms with van der Waals surface area (Å²) in [7, 11) is 0. The van der Waals surface area contributed by atoms with E-state index in [2.05, 4.69) is 15.3 Å². The molecule has 0 saturated carbocycles. The number of nitrogens with zero attached hydrogens (tertiary/aromatic N) is 4. The highest BCUT2D eigenvalue weighted by atomic mass is 16.1. The second kappa shape index (κ2) is 5.39. The second-order valence-electron chi connectivity index (χ2n) is 3.51. The van der Waals surface area contributed by atoms with Gasteiger partial charge in [-0.25, -0.2) is 9.97 Å². The summed E-state index contributed by atoms with van der Waals surface area (Å²) in [5, 5.41) is 20.0. The molecule has 0 fully saturated rings. The van der Waals surface area contributed by atoms with Crippen LogP contribution in [0.2, 0.25) is 0 Å². The molecule has 2 rings (SSSR count). The van der Waals surface area contributed by atoms with Gasteiger partial charge in [0.05, 0.1) is 0 Å². The van der Waals surface area contributed by atoms with Crippen molar-refractivity contribution in [1.82, 2.24) is 9.97 Å². The largest absolute Gasteiger partial charge is 0.290 e. The van der Waals surface area contributed by atoms with Crippen LogP contribution in [0.4, 0.5) is 5.95 Å². The highest BCUT2D eigenvalue weighted by Gasteiger charge is 2.09. The summed E-state index contributed by atoms with van der Waals surface area (Å²) in [5.41, 5.74) is 0.483. The lowest BCUT2D eigenvalue weighted by molar-refractivity contribution is 0.102. The normalized spacial score (nSPS) is 9.16. The minimum absolute atomic E-state index is 0.0231. The Hall–Kier alpha value is -3.25. The summed E-state index contributed by atoms with van der Waals surface area (Å²) in [6.07, 6.45) is 0. The predicted molar refractivity (Wildman–Crippen MR) is 65.9 cm³/mol. The van der Waals surface area contributed by atoms with E-state index in [1.54, 1.807) is 42.5 Å². The van der Waals surface area contributed by atoms with E-state index in [9.17, 15) is 4.79 Å². The van der Waals surface area contributed by atoms with Crippen LogP contribution in [0, 0.1) is 22.7 Å². The van der Waals surface area contributed by atoms with Crippen molar-refractivity contribution in [2.75, 3.05) is 5.32 Å². The van der Waals surface area contributed by atoms with Crippen molar-refractivity contribution in [3.63, 3.8) is 0 Å². The van der Waals surface area contributed by atoms with Crippen molar-refractivity contribution in [3.8, 4) is 12.1 Å². The van der Waals surface area contributed by atoms with Gasteiger partial charge in [-0.15, -0.1) is 0 Å². The molecular weight excluding hydrogens is 242 g/mol. The molecule has 0 spiro atoms. The van der Waals surface area contributed by atoms with Crippen LogP contribution in [-0.4, -0.2) is 15.9 Å². The maximum absolute atomic E-state index is 11.9. The molecular formula is C13H7N5O. The van der Waals surface area contributed by atoms with Gasteiger partial charge in [0.2, 0.25) is 5.95 Å². The van der Waals surface area contributed by atoms with Crippen LogP contribution in [0.3, 0.4) is 0 Å². The highest BCUT2D eigenvalue weighted by Crippen LogP contribution is 2.07. The van der Waals surface area contributed by atoms with Gasteiger partial charge in [-0.3, -0.25) is 10.1 Å². The van der Waals surface area contributed by atoms with Gasteiger partial charge in [0.15, 0.2) is 0 Å². The van der Waals surface area contributed by atoms with Crippen LogP contribution < -0.4 is 5.32 Å². The molecule has 90 valence electrons. The summed E-state index contributed by atoms with van der Waals surface area (Å²) in [6.45, 7) is 0. The third-order valence-electron chi connectivity index (χ3n) is 2.22. The number of anilines is 1. The molecule has 1 amide bonds. The summed E-state index contributed by atoms with van der Waals surface area (Å²) in [4.78, 5) is 19.5. The predicted octanol–water partition coefficient (Wildman–Crippen LogP) is 1.47. The first-order valence-electron chi connectivity index (χ1n) is 5.28. The van der Waals surface area contributed by atoms with Gasteiger partial charge in [-0.05, 0) is 12.1 Å². The van der Waals surface area contributed by atoms with Crippen molar-refractivity contribution < 1.29 is 4.79 Å². The maximum atomic E-state index is 11.9. The van der Waals surface area contributed by atoms with E-state index < -0.39 is 5.91 Å². The Labute approximate surface area is 109 Å². The minimum Gasteiger partial charge on any atom is -0.290 e. The average molecular weight is 249 g/mol. The number of hydrogen-bond donors (Lipinski definition) is 1. The first-order chi connectivity index (χ1) is 9.22. The number of aromatic nitrogens is 2. The van der Waals surface area contributed by atoms with Crippen LogP contribution in [0.5, 0.6) is 0 Å². The molecule has 1 aromatic heterocycles. The van der Waals surface area contributed by atoms with E-state index >= 15 is 0 Å². The molecule has 0 radical (unpaired) electrons. The van der Waals surface area contributed by atoms with Gasteiger partial charge >= 0.3 is 0 Å². The van der Waals surface area contributed by atoms with Crippen molar-refractivity contribution in [2.45, 2.75) is 0 Å². The molecule has 0 unspecified atom stereocenters. The number of nitrogens with one attached hydrogen (secondary N) is 1. The second-order valence-corrected chi connectivity index (χ2v) is 3.51. The van der Waals surface area contributed by atoms with E-state index in [0.29, 0.717) is 5.56 Å². The summed E-state index contributed by atoms with van der Waals surface area (Å²) < 4.78 is 0. The van der Waals surface area contributed by atoms with Gasteiger partial charge in [0.1, 0.15) is 23.5 Å². The Morgan fingerprint density at radius 2 is 1.63 bits per heavy atom. The van der Waals surface area contributed by atoms with E-state index in [0.717, 1.165) is 0 Å². The Bertz CT molecular complexity index is 665. The Balaban J connectivity index is 2.27. The topological polar surface area (TPSA) is 102 Å². The Kier molecular flexibility index (Phi) is 3.46. The fraction of sp³-hybridized carbons (Fsp3) is 0. The SMILES string of the molecule is N#Cc1cc(C#N)nc(NC(=O)c2ccccc2)n1. The van der Waals surface area contributed by atoms with E-state index in [1.165, 1.54) is 6.07 Å². The zero-order valence-corrected chi connectivity index (χ0v) is 9.66. The first-order valence-corrected chi connectivity index (χ1v) is 5.28. The smallest absolute Gasteiger partial charge is 0.258 e. The van der Waals surface area contributed by atoms with Crippen molar-refractivity contribution in [2.24, 2.45) is 0 Å². The third kappa shape index (κ3) is 2.90. The van der Waals surface area contributed by atoms with Gasteiger partial charge in [0, 0.05) is 11.6 Å². The molecule has 1 N–H and O–H groups in total. The van der Waals surface area contributed by atoms with Gasteiger partial charge in [-0.1, -0.05) is 18.2 Å². The lowest BCUT2D eigenvalue weighted by atomic mass is 10.2. The number of nitriles is 2. The van der Waals surface area contributed by atoms with Crippen molar-refractivity contribution in [3.05, 3.63) is 53.3 Å². The molecule has 19 heavy (non-hydrogen) atoms. The van der Waals surface area contributed by atoms with Gasteiger partial charge in [0.25, 0.3) is 5.91 Å². The molecule has 0 atom stereocenters. The van der Waals surface area contributed by atoms with Gasteiger partial charge in [-0.2, -0.15) is 10.5 Å². The molecule has 2 aromatic rings. The number of carbonyl (C=O) groups excluding carboxylic acids is 1. The minimum atomic E-state index is -0.403. The molecule has 0 saturated heterocycles. The quantitative estimate of drug-likeness (QED) is 0.868. The summed E-state index contributed by atoms with van der Waals surface area (Å²) in [6, 6.07) is 13.4. The zero-order chi connectivity index (χ0) is 13.7. The lowest BCUT2D eigenvalue weighted by Gasteiger charge is -2.03. The summed E-state index contributed by atoms with van der Waals surface area (Å²) in [5.74, 6) is -0.468. The van der Waals surface area contributed by atoms with E-state index in [1.807, 2.05) is 0 Å². The average Bonchev–Trinajstić information content (AvgIpc) is 2.47. The monoisotopic (exact) mass is 249 g/mol. The summed E-state index contributed by atoms with van der Waals surface area (Å²) >= 11 is 0. The molecule has 1 heterocycles. The number of benzene rings is 1. The van der Waals surface area contributed by atoms with Gasteiger partial charge < -0.3 is 0 Å². The molecule has 1 aromatic carbocycles. The zero-order valence-electron chi connectivity index (χ0n) is 9.66. The lowest BCUT2D eigenvalue weighted by Crippen LogP contribution is -2.14. The molecule has 0 aliphatic heterocycles. The molecule has 6 heteroatoms. The van der Waals surface area contributed by atoms with Crippen LogP contribution in [0.1, 0.15) is 21.7 Å². The maximum Gasteiger partial charge on any atom is 0.258 e. The van der Waals surface area contributed by atoms with E-state index in [4.69, 9.17) is 10.5 Å².